The van der Waals surface area contributed by atoms with Crippen molar-refractivity contribution in [3.63, 3.8) is 0 Å². The van der Waals surface area contributed by atoms with Gasteiger partial charge in [-0.15, -0.1) is 0 Å². The molecule has 1 N–H and O–H groups in total. The van der Waals surface area contributed by atoms with Crippen LogP contribution in [0, 0.1) is 18.2 Å². The van der Waals surface area contributed by atoms with Crippen molar-refractivity contribution < 1.29 is 23.8 Å². The number of amides is 1. The summed E-state index contributed by atoms with van der Waals surface area (Å²) in [6.07, 6.45) is 0.417. The zero-order chi connectivity index (χ0) is 28.6. The number of aryl methyl sites for hydroxylation is 1. The summed E-state index contributed by atoms with van der Waals surface area (Å²) >= 11 is 0. The monoisotopic (exact) mass is 551 g/mol. The molecule has 2 unspecified atom stereocenters. The second-order valence-electron chi connectivity index (χ2n) is 12.0. The highest BCUT2D eigenvalue weighted by Crippen LogP contribution is 2.36. The maximum atomic E-state index is 14.1. The highest BCUT2D eigenvalue weighted by molar-refractivity contribution is 5.82. The number of carboxylic acid groups (broad SMARTS) is 1. The minimum absolute atomic E-state index is 0.0949. The molecule has 5 rings (SSSR count). The summed E-state index contributed by atoms with van der Waals surface area (Å²) in [7, 11) is 0. The summed E-state index contributed by atoms with van der Waals surface area (Å²) in [6, 6.07) is 11.7. The molecule has 1 amide bonds. The number of hydrogen-bond donors (Lipinski definition) is 1. The first-order chi connectivity index (χ1) is 19.0. The molecule has 2 atom stereocenters. The second-order valence-corrected chi connectivity index (χ2v) is 12.0. The van der Waals surface area contributed by atoms with E-state index in [9.17, 15) is 19.1 Å². The fourth-order valence-corrected chi connectivity index (χ4v) is 6.16. The van der Waals surface area contributed by atoms with E-state index >= 15 is 0 Å². The van der Waals surface area contributed by atoms with Gasteiger partial charge in [0.25, 0.3) is 5.56 Å². The topological polar surface area (TPSA) is 84.2 Å². The zero-order valence-corrected chi connectivity index (χ0v) is 23.7. The quantitative estimate of drug-likeness (QED) is 0.449. The molecule has 1 fully saturated rings. The lowest BCUT2D eigenvalue weighted by Gasteiger charge is -2.48. The zero-order valence-electron chi connectivity index (χ0n) is 23.7. The van der Waals surface area contributed by atoms with Crippen LogP contribution in [0.3, 0.4) is 0 Å². The predicted molar refractivity (Wildman–Crippen MR) is 152 cm³/mol. The van der Waals surface area contributed by atoms with Gasteiger partial charge in [-0.1, -0.05) is 26.8 Å². The number of benzene rings is 2. The number of carbonyl (C=O) groups is 1. The average Bonchev–Trinajstić information content (AvgIpc) is 2.90. The molecule has 1 saturated heterocycles. The summed E-state index contributed by atoms with van der Waals surface area (Å²) in [5, 5.41) is 11.1. The molecular formula is C31H38FN3O5. The maximum Gasteiger partial charge on any atom is 0.407 e. The van der Waals surface area contributed by atoms with Crippen molar-refractivity contribution in [1.82, 2.24) is 14.4 Å². The van der Waals surface area contributed by atoms with Crippen LogP contribution in [-0.4, -0.2) is 64.0 Å². The van der Waals surface area contributed by atoms with Crippen LogP contribution in [0.2, 0.25) is 0 Å². The lowest BCUT2D eigenvalue weighted by molar-refractivity contribution is 0.0131. The van der Waals surface area contributed by atoms with Crippen LogP contribution < -0.4 is 15.0 Å². The van der Waals surface area contributed by atoms with Crippen molar-refractivity contribution >= 4 is 17.0 Å². The SMILES string of the molecule is Cc1cc(=O)n(CCN2CCC(N(Cc3ccc4c(c3)OCCO4)C(=O)O)CC2C(C)(C)C)c2cc(F)ccc12. The molecule has 0 aliphatic carbocycles. The van der Waals surface area contributed by atoms with Crippen LogP contribution in [0.15, 0.2) is 47.3 Å². The summed E-state index contributed by atoms with van der Waals surface area (Å²) < 4.78 is 27.1. The molecule has 3 heterocycles. The van der Waals surface area contributed by atoms with Crippen molar-refractivity contribution in [3.8, 4) is 11.5 Å². The molecule has 9 heteroatoms. The van der Waals surface area contributed by atoms with E-state index in [0.717, 1.165) is 16.5 Å². The molecule has 3 aromatic rings. The molecular weight excluding hydrogens is 513 g/mol. The number of pyridine rings is 1. The summed E-state index contributed by atoms with van der Waals surface area (Å²) in [4.78, 5) is 29.3. The molecule has 2 aliphatic heterocycles. The standard InChI is InChI=1S/C31H38FN3O5/c1-20-15-29(36)34(25-17-22(32)6-7-24(20)25)12-11-33-10-9-23(18-28(33)31(2,3)4)35(30(37)38)19-21-5-8-26-27(16-21)40-14-13-39-26/h5-8,15-17,23,28H,9-14,18-19H2,1-4H3,(H,37,38). The Morgan fingerprint density at radius 2 is 1.82 bits per heavy atom. The third-order valence-electron chi connectivity index (χ3n) is 8.22. The van der Waals surface area contributed by atoms with Crippen LogP contribution >= 0.6 is 0 Å². The van der Waals surface area contributed by atoms with Crippen molar-refractivity contribution in [2.45, 2.75) is 65.7 Å². The van der Waals surface area contributed by atoms with Gasteiger partial charge >= 0.3 is 6.09 Å². The van der Waals surface area contributed by atoms with Gasteiger partial charge in [0.15, 0.2) is 11.5 Å². The van der Waals surface area contributed by atoms with E-state index in [-0.39, 0.29) is 35.4 Å². The largest absolute Gasteiger partial charge is 0.486 e. The number of halogens is 1. The molecule has 2 aliphatic rings. The van der Waals surface area contributed by atoms with E-state index < -0.39 is 6.09 Å². The van der Waals surface area contributed by atoms with Crippen LogP contribution in [-0.2, 0) is 13.1 Å². The van der Waals surface area contributed by atoms with Gasteiger partial charge in [-0.2, -0.15) is 0 Å². The number of nitrogens with zero attached hydrogens (tertiary/aromatic N) is 3. The Bertz CT molecular complexity index is 1460. The molecule has 2 aromatic carbocycles. The van der Waals surface area contributed by atoms with Gasteiger partial charge in [-0.3, -0.25) is 9.69 Å². The van der Waals surface area contributed by atoms with E-state index in [0.29, 0.717) is 62.7 Å². The van der Waals surface area contributed by atoms with Crippen molar-refractivity contribution in [2.75, 3.05) is 26.3 Å². The number of fused-ring (bicyclic) bond motifs is 2. The van der Waals surface area contributed by atoms with Gasteiger partial charge in [0, 0.05) is 49.7 Å². The molecule has 0 saturated carbocycles. The summed E-state index contributed by atoms with van der Waals surface area (Å²) in [6.45, 7) is 11.4. The highest BCUT2D eigenvalue weighted by atomic mass is 19.1. The van der Waals surface area contributed by atoms with E-state index in [2.05, 4.69) is 25.7 Å². The molecule has 40 heavy (non-hydrogen) atoms. The van der Waals surface area contributed by atoms with Crippen molar-refractivity contribution in [3.05, 3.63) is 69.8 Å². The number of ether oxygens (including phenoxy) is 2. The number of hydrogen-bond acceptors (Lipinski definition) is 5. The van der Waals surface area contributed by atoms with E-state index in [4.69, 9.17) is 9.47 Å². The van der Waals surface area contributed by atoms with Crippen LogP contribution in [0.5, 0.6) is 11.5 Å². The van der Waals surface area contributed by atoms with Crippen LogP contribution in [0.1, 0.15) is 44.7 Å². The first-order valence-electron chi connectivity index (χ1n) is 13.9. The molecule has 1 aromatic heterocycles. The molecule has 0 spiro atoms. The minimum atomic E-state index is -0.944. The first-order valence-corrected chi connectivity index (χ1v) is 13.9. The normalized spacial score (nSPS) is 19.5. The predicted octanol–water partition coefficient (Wildman–Crippen LogP) is 5.28. The molecule has 214 valence electrons. The van der Waals surface area contributed by atoms with Gasteiger partial charge in [0.1, 0.15) is 19.0 Å². The van der Waals surface area contributed by atoms with Crippen LogP contribution in [0.25, 0.3) is 10.9 Å². The van der Waals surface area contributed by atoms with Gasteiger partial charge in [-0.25, -0.2) is 9.18 Å². The van der Waals surface area contributed by atoms with Crippen molar-refractivity contribution in [2.24, 2.45) is 5.41 Å². The molecule has 0 radical (unpaired) electrons. The maximum absolute atomic E-state index is 14.1. The summed E-state index contributed by atoms with van der Waals surface area (Å²) in [5.74, 6) is 0.961. The van der Waals surface area contributed by atoms with Crippen molar-refractivity contribution in [1.29, 1.82) is 0 Å². The summed E-state index contributed by atoms with van der Waals surface area (Å²) in [5.41, 5.74) is 2.03. The Morgan fingerprint density at radius 3 is 2.55 bits per heavy atom. The second kappa shape index (κ2) is 11.1. The fraction of sp³-hybridized carbons (Fsp3) is 0.484. The van der Waals surface area contributed by atoms with Crippen LogP contribution in [0.4, 0.5) is 9.18 Å². The first kappa shape index (κ1) is 28.0. The lowest BCUT2D eigenvalue weighted by atomic mass is 9.78. The third-order valence-corrected chi connectivity index (χ3v) is 8.22. The average molecular weight is 552 g/mol. The Morgan fingerprint density at radius 1 is 1.07 bits per heavy atom. The Hall–Kier alpha value is -3.59. The Kier molecular flexibility index (Phi) is 7.77. The Balaban J connectivity index is 1.34. The van der Waals surface area contributed by atoms with Gasteiger partial charge < -0.3 is 24.0 Å². The number of rotatable bonds is 6. The number of piperidine rings is 1. The van der Waals surface area contributed by atoms with E-state index in [1.807, 2.05) is 25.1 Å². The fourth-order valence-electron chi connectivity index (χ4n) is 6.16. The number of aromatic nitrogens is 1. The number of likely N-dealkylation sites (tertiary alicyclic amines) is 1. The van der Waals surface area contributed by atoms with Gasteiger partial charge in [-0.05, 0) is 66.6 Å². The minimum Gasteiger partial charge on any atom is -0.486 e. The van der Waals surface area contributed by atoms with Gasteiger partial charge in [0.2, 0.25) is 0 Å². The highest BCUT2D eigenvalue weighted by Gasteiger charge is 2.39. The smallest absolute Gasteiger partial charge is 0.407 e. The van der Waals surface area contributed by atoms with E-state index in [1.165, 1.54) is 12.1 Å². The Labute approximate surface area is 233 Å². The lowest BCUT2D eigenvalue weighted by Crippen LogP contribution is -2.55. The molecule has 0 bridgehead atoms. The third kappa shape index (κ3) is 5.80. The molecule has 8 nitrogen and oxygen atoms in total. The van der Waals surface area contributed by atoms with E-state index in [1.54, 1.807) is 21.6 Å². The van der Waals surface area contributed by atoms with Gasteiger partial charge in [0.05, 0.1) is 5.52 Å².